The summed E-state index contributed by atoms with van der Waals surface area (Å²) in [6.45, 7) is 4.13. The predicted octanol–water partition coefficient (Wildman–Crippen LogP) is 2.51. The molecule has 1 saturated heterocycles. The minimum Gasteiger partial charge on any atom is -0.457 e. The van der Waals surface area contributed by atoms with E-state index < -0.39 is 0 Å². The quantitative estimate of drug-likeness (QED) is 0.630. The van der Waals surface area contributed by atoms with Crippen LogP contribution in [0.3, 0.4) is 0 Å². The first-order valence-electron chi connectivity index (χ1n) is 8.71. The second kappa shape index (κ2) is 9.16. The van der Waals surface area contributed by atoms with Crippen molar-refractivity contribution in [3.63, 3.8) is 0 Å². The highest BCUT2D eigenvalue weighted by Gasteiger charge is 2.20. The first-order valence-corrected chi connectivity index (χ1v) is 10.1. The molecule has 1 fully saturated rings. The molecule has 0 amide bonds. The largest absolute Gasteiger partial charge is 0.457 e. The number of ether oxygens (including phenoxy) is 1. The van der Waals surface area contributed by atoms with Crippen LogP contribution in [0.1, 0.15) is 10.4 Å². The number of carbonyl (C=O) groups excluding carboxylic acids is 1. The number of nitrogens with one attached hydrogen (secondary N) is 1. The molecule has 1 aliphatic heterocycles. The molecule has 1 heterocycles. The van der Waals surface area contributed by atoms with Gasteiger partial charge in [-0.2, -0.15) is 0 Å². The monoisotopic (exact) mass is 387 g/mol. The lowest BCUT2D eigenvalue weighted by Gasteiger charge is -2.31. The van der Waals surface area contributed by atoms with Crippen LogP contribution in [0.4, 0.5) is 0 Å². The zero-order valence-corrected chi connectivity index (χ0v) is 16.4. The fourth-order valence-corrected chi connectivity index (χ4v) is 3.85. The molecule has 4 nitrogen and oxygen atoms in total. The van der Waals surface area contributed by atoms with Crippen LogP contribution in [0.5, 0.6) is 11.5 Å². The molecule has 0 unspecified atom stereocenters. The van der Waals surface area contributed by atoms with Crippen molar-refractivity contribution >= 4 is 34.1 Å². The normalized spacial score (nSPS) is 14.9. The van der Waals surface area contributed by atoms with Gasteiger partial charge in [0.25, 0.3) is 0 Å². The number of hydrogen-bond donors (Lipinski definition) is 1. The Labute approximate surface area is 164 Å². The second-order valence-electron chi connectivity index (χ2n) is 6.36. The van der Waals surface area contributed by atoms with Crippen molar-refractivity contribution in [1.29, 1.82) is 0 Å². The number of likely N-dealkylation sites (N-methyl/N-ethyl adjacent to an activating group) is 1. The molecule has 0 bridgehead atoms. The molecule has 136 valence electrons. The number of hydrogen-bond acceptors (Lipinski definition) is 4. The van der Waals surface area contributed by atoms with Gasteiger partial charge in [0.05, 0.1) is 39.0 Å². The molecule has 0 aliphatic carbocycles. The highest BCUT2D eigenvalue weighted by molar-refractivity contribution is 8.23. The van der Waals surface area contributed by atoms with Crippen molar-refractivity contribution in [2.45, 2.75) is 0 Å². The zero-order chi connectivity index (χ0) is 18.4. The Morgan fingerprint density at radius 2 is 1.69 bits per heavy atom. The Morgan fingerprint density at radius 1 is 1.08 bits per heavy atom. The van der Waals surface area contributed by atoms with Crippen LogP contribution in [0.15, 0.2) is 54.6 Å². The third-order valence-corrected chi connectivity index (χ3v) is 5.88. The van der Waals surface area contributed by atoms with E-state index in [1.54, 1.807) is 0 Å². The number of benzene rings is 2. The lowest BCUT2D eigenvalue weighted by Crippen LogP contribution is -3.12. The zero-order valence-electron chi connectivity index (χ0n) is 14.8. The van der Waals surface area contributed by atoms with Crippen LogP contribution in [0.2, 0.25) is 0 Å². The summed E-state index contributed by atoms with van der Waals surface area (Å²) in [7, 11) is 2.20. The van der Waals surface area contributed by atoms with Gasteiger partial charge in [0.1, 0.15) is 15.8 Å². The molecule has 0 spiro atoms. The van der Waals surface area contributed by atoms with E-state index in [0.717, 1.165) is 42.0 Å². The minimum atomic E-state index is 0.0864. The molecule has 0 aromatic heterocycles. The van der Waals surface area contributed by atoms with Gasteiger partial charge in [-0.3, -0.25) is 4.79 Å². The van der Waals surface area contributed by atoms with Gasteiger partial charge in [-0.25, -0.2) is 0 Å². The number of rotatable bonds is 5. The molecule has 3 rings (SSSR count). The van der Waals surface area contributed by atoms with Crippen LogP contribution in [-0.2, 0) is 0 Å². The number of Topliss-reactive ketones (excluding diaryl/α,β-unsaturated/α-hetero) is 1. The number of piperazine rings is 1. The van der Waals surface area contributed by atoms with Gasteiger partial charge in [-0.15, -0.1) is 0 Å². The van der Waals surface area contributed by atoms with Crippen molar-refractivity contribution in [3.8, 4) is 11.5 Å². The molecule has 0 radical (unpaired) electrons. The standard InChI is InChI=1S/C20H22N2O2S2/c1-21-11-13-22(14-12-21)20(25)26-15-19(23)16-7-9-18(10-8-16)24-17-5-3-2-4-6-17/h2-10H,11-15H2,1H3/p+1. The molecule has 0 atom stereocenters. The molecule has 1 aliphatic rings. The average molecular weight is 388 g/mol. The average Bonchev–Trinajstić information content (AvgIpc) is 2.68. The molecule has 0 saturated carbocycles. The van der Waals surface area contributed by atoms with E-state index in [0.29, 0.717) is 11.3 Å². The van der Waals surface area contributed by atoms with Gasteiger partial charge in [0, 0.05) is 5.56 Å². The molecule has 6 heteroatoms. The number of thiocarbonyl (C=S) groups is 1. The Balaban J connectivity index is 1.49. The summed E-state index contributed by atoms with van der Waals surface area (Å²) < 4.78 is 6.58. The summed E-state index contributed by atoms with van der Waals surface area (Å²) in [6.07, 6.45) is 0. The summed E-state index contributed by atoms with van der Waals surface area (Å²) >= 11 is 6.94. The first-order chi connectivity index (χ1) is 12.6. The predicted molar refractivity (Wildman–Crippen MR) is 111 cm³/mol. The fraction of sp³-hybridized carbons (Fsp3) is 0.300. The van der Waals surface area contributed by atoms with E-state index in [9.17, 15) is 4.79 Å². The topological polar surface area (TPSA) is 34.0 Å². The summed E-state index contributed by atoms with van der Waals surface area (Å²) in [5.74, 6) is 1.96. The Morgan fingerprint density at radius 3 is 2.35 bits per heavy atom. The number of ketones is 1. The van der Waals surface area contributed by atoms with Gasteiger partial charge >= 0.3 is 0 Å². The molecular formula is C20H23N2O2S2+. The van der Waals surface area contributed by atoms with Gasteiger partial charge in [0.15, 0.2) is 5.78 Å². The van der Waals surface area contributed by atoms with Gasteiger partial charge in [0.2, 0.25) is 0 Å². The smallest absolute Gasteiger partial charge is 0.173 e. The molecular weight excluding hydrogens is 364 g/mol. The molecule has 2 aromatic rings. The first kappa shape index (κ1) is 18.9. The third-order valence-electron chi connectivity index (χ3n) is 4.36. The Hall–Kier alpha value is -1.89. The summed E-state index contributed by atoms with van der Waals surface area (Å²) in [5, 5.41) is 0. The molecule has 1 N–H and O–H groups in total. The van der Waals surface area contributed by atoms with Crippen LogP contribution < -0.4 is 9.64 Å². The summed E-state index contributed by atoms with van der Waals surface area (Å²) in [6, 6.07) is 16.9. The Bertz CT molecular complexity index is 742. The maximum Gasteiger partial charge on any atom is 0.173 e. The van der Waals surface area contributed by atoms with Gasteiger partial charge in [-0.05, 0) is 36.4 Å². The maximum absolute atomic E-state index is 12.4. The van der Waals surface area contributed by atoms with Crippen LogP contribution in [0, 0.1) is 0 Å². The minimum absolute atomic E-state index is 0.0864. The number of nitrogens with zero attached hydrogens (tertiary/aromatic N) is 1. The van der Waals surface area contributed by atoms with Crippen molar-refractivity contribution in [2.24, 2.45) is 0 Å². The molecule has 2 aromatic carbocycles. The van der Waals surface area contributed by atoms with E-state index in [2.05, 4.69) is 11.9 Å². The van der Waals surface area contributed by atoms with Gasteiger partial charge < -0.3 is 14.5 Å². The van der Waals surface area contributed by atoms with Crippen molar-refractivity contribution in [2.75, 3.05) is 39.0 Å². The number of para-hydroxylation sites is 1. The second-order valence-corrected chi connectivity index (χ2v) is 7.97. The van der Waals surface area contributed by atoms with E-state index in [-0.39, 0.29) is 5.78 Å². The summed E-state index contributed by atoms with van der Waals surface area (Å²) in [5.41, 5.74) is 0.684. The maximum atomic E-state index is 12.4. The number of thioether (sulfide) groups is 1. The van der Waals surface area contributed by atoms with Crippen LogP contribution in [0.25, 0.3) is 0 Å². The highest BCUT2D eigenvalue weighted by atomic mass is 32.2. The number of carbonyl (C=O) groups is 1. The Kier molecular flexibility index (Phi) is 6.66. The lowest BCUT2D eigenvalue weighted by atomic mass is 10.1. The van der Waals surface area contributed by atoms with Crippen LogP contribution in [-0.4, -0.2) is 54.0 Å². The fourth-order valence-electron chi connectivity index (χ4n) is 2.71. The van der Waals surface area contributed by atoms with E-state index >= 15 is 0 Å². The van der Waals surface area contributed by atoms with E-state index in [1.807, 2.05) is 54.6 Å². The van der Waals surface area contributed by atoms with Crippen molar-refractivity contribution in [3.05, 3.63) is 60.2 Å². The van der Waals surface area contributed by atoms with Crippen LogP contribution >= 0.6 is 24.0 Å². The van der Waals surface area contributed by atoms with Gasteiger partial charge in [-0.1, -0.05) is 42.2 Å². The third kappa shape index (κ3) is 5.30. The number of quaternary nitrogens is 1. The van der Waals surface area contributed by atoms with Crippen molar-refractivity contribution < 1.29 is 14.4 Å². The van der Waals surface area contributed by atoms with Crippen molar-refractivity contribution in [1.82, 2.24) is 4.90 Å². The lowest BCUT2D eigenvalue weighted by molar-refractivity contribution is -0.883. The molecule has 26 heavy (non-hydrogen) atoms. The van der Waals surface area contributed by atoms with E-state index in [1.165, 1.54) is 16.7 Å². The highest BCUT2D eigenvalue weighted by Crippen LogP contribution is 2.22. The SMILES string of the molecule is C[NH+]1CCN(C(=S)SCC(=O)c2ccc(Oc3ccccc3)cc2)CC1. The van der Waals surface area contributed by atoms with E-state index in [4.69, 9.17) is 17.0 Å². The summed E-state index contributed by atoms with van der Waals surface area (Å²) in [4.78, 5) is 16.1.